The lowest BCUT2D eigenvalue weighted by atomic mass is 10.0. The summed E-state index contributed by atoms with van der Waals surface area (Å²) in [6, 6.07) is 22.6. The molecule has 0 aliphatic carbocycles. The molecule has 2 fully saturated rings. The van der Waals surface area contributed by atoms with Crippen LogP contribution in [0.2, 0.25) is 0 Å². The molecule has 2 aliphatic rings. The molecule has 2 heterocycles. The first-order valence-electron chi connectivity index (χ1n) is 13.8. The lowest BCUT2D eigenvalue weighted by Gasteiger charge is -2.36. The van der Waals surface area contributed by atoms with Gasteiger partial charge >= 0.3 is 0 Å². The van der Waals surface area contributed by atoms with Gasteiger partial charge in [-0.15, -0.1) is 0 Å². The van der Waals surface area contributed by atoms with Crippen LogP contribution in [0.3, 0.4) is 0 Å². The molecule has 190 valence electrons. The molecule has 2 aliphatic heterocycles. The Labute approximate surface area is 215 Å². The Balaban J connectivity index is 1.08. The van der Waals surface area contributed by atoms with E-state index < -0.39 is 0 Å². The van der Waals surface area contributed by atoms with Gasteiger partial charge in [0.15, 0.2) is 0 Å². The number of anilines is 1. The maximum absolute atomic E-state index is 13.2. The van der Waals surface area contributed by atoms with Crippen molar-refractivity contribution in [2.75, 3.05) is 57.3 Å². The number of hydrogen-bond donors (Lipinski definition) is 0. The molecule has 5 nitrogen and oxygen atoms in total. The molecule has 2 saturated heterocycles. The van der Waals surface area contributed by atoms with E-state index in [9.17, 15) is 4.79 Å². The summed E-state index contributed by atoms with van der Waals surface area (Å²) < 4.78 is 6.03. The van der Waals surface area contributed by atoms with Crippen molar-refractivity contribution in [1.82, 2.24) is 9.80 Å². The number of piperazine rings is 1. The van der Waals surface area contributed by atoms with Crippen LogP contribution in [0.5, 0.6) is 5.75 Å². The van der Waals surface area contributed by atoms with Crippen LogP contribution in [-0.4, -0.2) is 68.1 Å². The number of carbonyl (C=O) groups is 1. The number of benzene rings is 3. The van der Waals surface area contributed by atoms with Crippen LogP contribution in [0.25, 0.3) is 10.8 Å². The third-order valence-electron chi connectivity index (χ3n) is 7.62. The molecule has 0 atom stereocenters. The van der Waals surface area contributed by atoms with E-state index in [-0.39, 0.29) is 5.91 Å². The normalized spacial score (nSPS) is 17.6. The highest BCUT2D eigenvalue weighted by Crippen LogP contribution is 2.24. The number of likely N-dealkylation sites (tertiary alicyclic amines) is 1. The van der Waals surface area contributed by atoms with Gasteiger partial charge in [-0.2, -0.15) is 0 Å². The number of rotatable bonds is 7. The highest BCUT2D eigenvalue weighted by atomic mass is 16.5. The van der Waals surface area contributed by atoms with Gasteiger partial charge < -0.3 is 19.4 Å². The topological polar surface area (TPSA) is 36.0 Å². The van der Waals surface area contributed by atoms with Crippen molar-refractivity contribution in [3.05, 3.63) is 72.3 Å². The summed E-state index contributed by atoms with van der Waals surface area (Å²) in [6.07, 6.45) is 7.94. The van der Waals surface area contributed by atoms with Crippen LogP contribution >= 0.6 is 0 Å². The van der Waals surface area contributed by atoms with Gasteiger partial charge in [-0.05, 0) is 73.5 Å². The summed E-state index contributed by atoms with van der Waals surface area (Å²) in [5, 5.41) is 2.14. The van der Waals surface area contributed by atoms with Gasteiger partial charge in [0, 0.05) is 44.0 Å². The average molecular weight is 486 g/mol. The van der Waals surface area contributed by atoms with Gasteiger partial charge in [0.2, 0.25) is 0 Å². The molecule has 5 rings (SSSR count). The Morgan fingerprint density at radius 1 is 0.722 bits per heavy atom. The van der Waals surface area contributed by atoms with E-state index in [1.54, 1.807) is 0 Å². The molecule has 3 aromatic rings. The number of fused-ring (bicyclic) bond motifs is 1. The second-order valence-electron chi connectivity index (χ2n) is 10.1. The second kappa shape index (κ2) is 12.3. The van der Waals surface area contributed by atoms with Gasteiger partial charge in [0.05, 0.1) is 6.61 Å². The van der Waals surface area contributed by atoms with Crippen molar-refractivity contribution in [2.45, 2.75) is 38.5 Å². The third kappa shape index (κ3) is 6.19. The van der Waals surface area contributed by atoms with E-state index in [4.69, 9.17) is 4.74 Å². The zero-order chi connectivity index (χ0) is 24.6. The zero-order valence-corrected chi connectivity index (χ0v) is 21.4. The molecule has 0 N–H and O–H groups in total. The van der Waals surface area contributed by atoms with E-state index >= 15 is 0 Å². The molecular weight excluding hydrogens is 446 g/mol. The highest BCUT2D eigenvalue weighted by molar-refractivity contribution is 6.07. The minimum Gasteiger partial charge on any atom is -0.494 e. The Bertz CT molecular complexity index is 1110. The number of hydrogen-bond acceptors (Lipinski definition) is 4. The summed E-state index contributed by atoms with van der Waals surface area (Å²) in [6.45, 7) is 7.54. The van der Waals surface area contributed by atoms with Crippen molar-refractivity contribution < 1.29 is 9.53 Å². The lowest BCUT2D eigenvalue weighted by Crippen LogP contribution is -2.48. The number of nitrogens with zero attached hydrogens (tertiary/aromatic N) is 3. The number of amides is 1. The summed E-state index contributed by atoms with van der Waals surface area (Å²) in [5.74, 6) is 1.07. The van der Waals surface area contributed by atoms with Crippen molar-refractivity contribution in [3.63, 3.8) is 0 Å². The van der Waals surface area contributed by atoms with Gasteiger partial charge in [0.1, 0.15) is 5.75 Å². The van der Waals surface area contributed by atoms with Crippen LogP contribution in [0, 0.1) is 0 Å². The predicted molar refractivity (Wildman–Crippen MR) is 148 cm³/mol. The minimum atomic E-state index is 0.130. The van der Waals surface area contributed by atoms with Gasteiger partial charge in [-0.3, -0.25) is 4.79 Å². The van der Waals surface area contributed by atoms with Crippen LogP contribution in [-0.2, 0) is 0 Å². The third-order valence-corrected chi connectivity index (χ3v) is 7.62. The molecule has 0 spiro atoms. The van der Waals surface area contributed by atoms with Crippen LogP contribution in [0.15, 0.2) is 66.7 Å². The monoisotopic (exact) mass is 485 g/mol. The molecule has 0 aromatic heterocycles. The first-order valence-corrected chi connectivity index (χ1v) is 13.8. The Kier molecular flexibility index (Phi) is 8.39. The fourth-order valence-electron chi connectivity index (χ4n) is 5.52. The molecule has 0 saturated carbocycles. The smallest absolute Gasteiger partial charge is 0.254 e. The van der Waals surface area contributed by atoms with Crippen molar-refractivity contribution in [3.8, 4) is 5.75 Å². The SMILES string of the molecule is O=C(c1cccc2ccccc12)N1CCN(c2ccc(OCCCN3CCCCCCC3)cc2)CC1. The molecule has 0 radical (unpaired) electrons. The van der Waals surface area contributed by atoms with E-state index in [1.807, 2.05) is 35.2 Å². The highest BCUT2D eigenvalue weighted by Gasteiger charge is 2.23. The summed E-state index contributed by atoms with van der Waals surface area (Å²) in [5.41, 5.74) is 2.00. The molecular formula is C31H39N3O2. The largest absolute Gasteiger partial charge is 0.494 e. The number of ether oxygens (including phenoxy) is 1. The fraction of sp³-hybridized carbons (Fsp3) is 0.452. The van der Waals surface area contributed by atoms with Gasteiger partial charge in [-0.1, -0.05) is 55.7 Å². The average Bonchev–Trinajstić information content (AvgIpc) is 2.92. The summed E-state index contributed by atoms with van der Waals surface area (Å²) >= 11 is 0. The van der Waals surface area contributed by atoms with Crippen LogP contribution in [0.1, 0.15) is 48.9 Å². The maximum Gasteiger partial charge on any atom is 0.254 e. The van der Waals surface area contributed by atoms with E-state index in [0.717, 1.165) is 67.8 Å². The second-order valence-corrected chi connectivity index (χ2v) is 10.1. The Hall–Kier alpha value is -3.05. The Morgan fingerprint density at radius 2 is 1.42 bits per heavy atom. The van der Waals surface area contributed by atoms with E-state index in [1.165, 1.54) is 50.9 Å². The van der Waals surface area contributed by atoms with Gasteiger partial charge in [-0.25, -0.2) is 0 Å². The fourth-order valence-corrected chi connectivity index (χ4v) is 5.52. The van der Waals surface area contributed by atoms with E-state index in [2.05, 4.69) is 46.2 Å². The van der Waals surface area contributed by atoms with Crippen molar-refractivity contribution in [1.29, 1.82) is 0 Å². The van der Waals surface area contributed by atoms with E-state index in [0.29, 0.717) is 0 Å². The molecule has 0 bridgehead atoms. The van der Waals surface area contributed by atoms with Crippen molar-refractivity contribution in [2.24, 2.45) is 0 Å². The molecule has 1 amide bonds. The standard InChI is InChI=1S/C31H39N3O2/c35-31(30-13-8-11-26-10-4-5-12-29(26)30)34-23-21-33(22-24-34)27-14-16-28(17-15-27)36-25-9-20-32-18-6-2-1-3-7-19-32/h4-5,8,10-17H,1-3,6-7,9,18-25H2. The molecule has 36 heavy (non-hydrogen) atoms. The summed E-state index contributed by atoms with van der Waals surface area (Å²) in [7, 11) is 0. The summed E-state index contributed by atoms with van der Waals surface area (Å²) in [4.78, 5) is 20.2. The predicted octanol–water partition coefficient (Wildman–Crippen LogP) is 5.84. The lowest BCUT2D eigenvalue weighted by molar-refractivity contribution is 0.0749. The molecule has 3 aromatic carbocycles. The quantitative estimate of drug-likeness (QED) is 0.394. The van der Waals surface area contributed by atoms with Crippen LogP contribution < -0.4 is 9.64 Å². The van der Waals surface area contributed by atoms with Crippen LogP contribution in [0.4, 0.5) is 5.69 Å². The van der Waals surface area contributed by atoms with Crippen molar-refractivity contribution >= 4 is 22.4 Å². The first kappa shape index (κ1) is 24.6. The maximum atomic E-state index is 13.2. The van der Waals surface area contributed by atoms with Gasteiger partial charge in [0.25, 0.3) is 5.91 Å². The Morgan fingerprint density at radius 3 is 2.19 bits per heavy atom. The first-order chi connectivity index (χ1) is 17.8. The number of carbonyl (C=O) groups excluding carboxylic acids is 1. The molecule has 0 unspecified atom stereocenters. The molecule has 5 heteroatoms. The minimum absolute atomic E-state index is 0.130. The zero-order valence-electron chi connectivity index (χ0n) is 21.4.